The zero-order valence-electron chi connectivity index (χ0n) is 15.7. The van der Waals surface area contributed by atoms with E-state index >= 15 is 0 Å². The van der Waals surface area contributed by atoms with Crippen LogP contribution in [0.1, 0.15) is 18.1 Å². The van der Waals surface area contributed by atoms with Crippen molar-refractivity contribution in [2.24, 2.45) is 0 Å². The zero-order valence-corrected chi connectivity index (χ0v) is 19.5. The molecule has 1 aliphatic heterocycles. The average Bonchev–Trinajstić information content (AvgIpc) is 2.96. The summed E-state index contributed by atoms with van der Waals surface area (Å²) in [6, 6.07) is 8.09. The second kappa shape index (κ2) is 9.15. The maximum atomic E-state index is 13.0. The fourth-order valence-electron chi connectivity index (χ4n) is 2.77. The van der Waals surface area contributed by atoms with Crippen LogP contribution in [0.4, 0.5) is 18.9 Å². The molecule has 0 N–H and O–H groups in total. The Morgan fingerprint density at radius 2 is 2.00 bits per heavy atom. The molecule has 1 amide bonds. The molecule has 1 heterocycles. The van der Waals surface area contributed by atoms with Gasteiger partial charge in [0.1, 0.15) is 0 Å². The van der Waals surface area contributed by atoms with E-state index in [9.17, 15) is 18.0 Å². The van der Waals surface area contributed by atoms with Crippen LogP contribution >= 0.6 is 46.6 Å². The molecule has 10 heteroatoms. The summed E-state index contributed by atoms with van der Waals surface area (Å²) >= 11 is 8.40. The Kier molecular flexibility index (Phi) is 6.98. The maximum absolute atomic E-state index is 13.0. The van der Waals surface area contributed by atoms with E-state index in [-0.39, 0.29) is 10.0 Å². The summed E-state index contributed by atoms with van der Waals surface area (Å²) in [6.45, 7) is 2.34. The molecular weight excluding hydrogens is 550 g/mol. The number of anilines is 1. The first-order valence-corrected chi connectivity index (χ1v) is 10.9. The topological polar surface area (TPSA) is 38.8 Å². The van der Waals surface area contributed by atoms with Gasteiger partial charge >= 0.3 is 6.18 Å². The van der Waals surface area contributed by atoms with Crippen LogP contribution in [0, 0.1) is 3.57 Å². The second-order valence-corrected chi connectivity index (χ2v) is 8.87. The number of hydrogen-bond acceptors (Lipinski definition) is 5. The van der Waals surface area contributed by atoms with Gasteiger partial charge < -0.3 is 9.47 Å². The van der Waals surface area contributed by atoms with E-state index < -0.39 is 17.6 Å². The van der Waals surface area contributed by atoms with Crippen LogP contribution in [-0.2, 0) is 11.0 Å². The molecule has 0 bridgehead atoms. The highest BCUT2D eigenvalue weighted by Crippen LogP contribution is 2.40. The van der Waals surface area contributed by atoms with Crippen molar-refractivity contribution in [3.8, 4) is 11.5 Å². The van der Waals surface area contributed by atoms with Gasteiger partial charge in [-0.25, -0.2) is 0 Å². The van der Waals surface area contributed by atoms with Crippen molar-refractivity contribution in [1.82, 2.24) is 0 Å². The summed E-state index contributed by atoms with van der Waals surface area (Å²) in [6.07, 6.45) is -2.88. The van der Waals surface area contributed by atoms with Gasteiger partial charge in [0.15, 0.2) is 15.8 Å². The summed E-state index contributed by atoms with van der Waals surface area (Å²) in [4.78, 5) is 14.3. The fraction of sp³-hybridized carbons (Fsp3) is 0.200. The quantitative estimate of drug-likeness (QED) is 0.248. The molecule has 2 aromatic rings. The summed E-state index contributed by atoms with van der Waals surface area (Å²) < 4.78 is 51.0. The number of nitrogens with zero attached hydrogens (tertiary/aromatic N) is 1. The van der Waals surface area contributed by atoms with Crippen molar-refractivity contribution in [2.45, 2.75) is 13.1 Å². The number of benzene rings is 2. The van der Waals surface area contributed by atoms with E-state index in [1.54, 1.807) is 12.1 Å². The van der Waals surface area contributed by atoms with Crippen LogP contribution in [0.25, 0.3) is 6.08 Å². The number of amides is 1. The summed E-state index contributed by atoms with van der Waals surface area (Å²) in [5, 5.41) is 0. The van der Waals surface area contributed by atoms with Gasteiger partial charge in [-0.05, 0) is 71.5 Å². The number of alkyl halides is 3. The van der Waals surface area contributed by atoms with E-state index in [0.717, 1.165) is 32.4 Å². The van der Waals surface area contributed by atoms with Crippen molar-refractivity contribution in [3.63, 3.8) is 0 Å². The monoisotopic (exact) mass is 565 g/mol. The van der Waals surface area contributed by atoms with Crippen LogP contribution in [-0.4, -0.2) is 23.9 Å². The molecule has 0 radical (unpaired) electrons. The molecule has 158 valence electrons. The Bertz CT molecular complexity index is 1040. The van der Waals surface area contributed by atoms with Gasteiger partial charge in [-0.3, -0.25) is 9.69 Å². The Morgan fingerprint density at radius 3 is 2.63 bits per heavy atom. The highest BCUT2D eigenvalue weighted by molar-refractivity contribution is 14.1. The van der Waals surface area contributed by atoms with Crippen LogP contribution in [0.15, 0.2) is 41.3 Å². The second-order valence-electron chi connectivity index (χ2n) is 6.03. The van der Waals surface area contributed by atoms with Crippen molar-refractivity contribution in [1.29, 1.82) is 0 Å². The number of halogens is 4. The lowest BCUT2D eigenvalue weighted by Gasteiger charge is -2.16. The normalized spacial score (nSPS) is 15.8. The molecule has 0 saturated carbocycles. The van der Waals surface area contributed by atoms with Crippen molar-refractivity contribution < 1.29 is 27.4 Å². The first-order valence-electron chi connectivity index (χ1n) is 8.61. The van der Waals surface area contributed by atoms with Crippen LogP contribution in [0.3, 0.4) is 0 Å². The molecule has 0 aromatic heterocycles. The predicted molar refractivity (Wildman–Crippen MR) is 124 cm³/mol. The minimum Gasteiger partial charge on any atom is -0.493 e. The van der Waals surface area contributed by atoms with E-state index in [1.807, 2.05) is 13.0 Å². The highest BCUT2D eigenvalue weighted by Gasteiger charge is 2.36. The Balaban J connectivity index is 1.95. The third kappa shape index (κ3) is 4.75. The number of hydrogen-bond donors (Lipinski definition) is 0. The van der Waals surface area contributed by atoms with Gasteiger partial charge in [-0.1, -0.05) is 30.0 Å². The lowest BCUT2D eigenvalue weighted by atomic mass is 10.1. The number of methoxy groups -OCH3 is 1. The lowest BCUT2D eigenvalue weighted by Crippen LogP contribution is -2.27. The van der Waals surface area contributed by atoms with Crippen molar-refractivity contribution in [2.75, 3.05) is 18.6 Å². The van der Waals surface area contributed by atoms with Crippen LogP contribution in [0.5, 0.6) is 11.5 Å². The zero-order chi connectivity index (χ0) is 22.1. The molecule has 30 heavy (non-hydrogen) atoms. The summed E-state index contributed by atoms with van der Waals surface area (Å²) in [7, 11) is 1.52. The average molecular weight is 565 g/mol. The molecule has 1 fully saturated rings. The predicted octanol–water partition coefficient (Wildman–Crippen LogP) is 6.12. The molecule has 4 nitrogen and oxygen atoms in total. The maximum Gasteiger partial charge on any atom is 0.416 e. The highest BCUT2D eigenvalue weighted by atomic mass is 127. The molecule has 0 aliphatic carbocycles. The molecule has 1 saturated heterocycles. The summed E-state index contributed by atoms with van der Waals surface area (Å²) in [5.41, 5.74) is -0.0809. The number of thiocarbonyl (C=S) groups is 1. The van der Waals surface area contributed by atoms with E-state index in [2.05, 4.69) is 22.6 Å². The molecule has 0 unspecified atom stereocenters. The van der Waals surface area contributed by atoms with Gasteiger partial charge in [0.25, 0.3) is 5.91 Å². The third-order valence-electron chi connectivity index (χ3n) is 4.06. The molecule has 1 aliphatic rings. The van der Waals surface area contributed by atoms with Gasteiger partial charge in [-0.2, -0.15) is 13.2 Å². The molecule has 3 rings (SSSR count). The Labute approximate surface area is 194 Å². The minimum absolute atomic E-state index is 0.0783. The van der Waals surface area contributed by atoms with Gasteiger partial charge in [0, 0.05) is 0 Å². The molecule has 0 atom stereocenters. The SMILES string of the molecule is CCOc1c(I)cc(/C=C2\SC(=S)N(c3cccc(C(F)(F)F)c3)C2=O)cc1OC. The molecule has 0 spiro atoms. The van der Waals surface area contributed by atoms with Crippen LogP contribution < -0.4 is 14.4 Å². The number of thioether (sulfide) groups is 1. The fourth-order valence-corrected chi connectivity index (χ4v) is 4.85. The minimum atomic E-state index is -4.51. The third-order valence-corrected chi connectivity index (χ3v) is 6.17. The number of ether oxygens (including phenoxy) is 2. The Hall–Kier alpha value is -1.79. The van der Waals surface area contributed by atoms with E-state index in [0.29, 0.717) is 28.6 Å². The van der Waals surface area contributed by atoms with Gasteiger partial charge in [0.05, 0.1) is 33.4 Å². The lowest BCUT2D eigenvalue weighted by molar-refractivity contribution is -0.137. The number of carbonyl (C=O) groups excluding carboxylic acids is 1. The van der Waals surface area contributed by atoms with Crippen molar-refractivity contribution in [3.05, 3.63) is 56.0 Å². The Morgan fingerprint density at radius 1 is 1.27 bits per heavy atom. The van der Waals surface area contributed by atoms with E-state index in [1.165, 1.54) is 19.2 Å². The first kappa shape index (κ1) is 22.9. The van der Waals surface area contributed by atoms with Crippen LogP contribution in [0.2, 0.25) is 0 Å². The van der Waals surface area contributed by atoms with Gasteiger partial charge in [0.2, 0.25) is 0 Å². The standard InChI is InChI=1S/C20H15F3INO3S2/c1-3-28-17-14(24)7-11(8-15(17)27-2)9-16-18(26)25(19(29)30-16)13-6-4-5-12(10-13)20(21,22)23/h4-10H,3H2,1-2H3/b16-9-. The molecular formula is C20H15F3INO3S2. The van der Waals surface area contributed by atoms with E-state index in [4.69, 9.17) is 21.7 Å². The summed E-state index contributed by atoms with van der Waals surface area (Å²) in [5.74, 6) is 0.643. The molecule has 2 aromatic carbocycles. The first-order chi connectivity index (χ1) is 14.2. The van der Waals surface area contributed by atoms with Crippen molar-refractivity contribution >= 4 is 68.6 Å². The largest absolute Gasteiger partial charge is 0.493 e. The number of carbonyl (C=O) groups is 1. The number of rotatable bonds is 5. The smallest absolute Gasteiger partial charge is 0.416 e. The van der Waals surface area contributed by atoms with Gasteiger partial charge in [-0.15, -0.1) is 0 Å².